The van der Waals surface area contributed by atoms with Crippen molar-refractivity contribution in [1.82, 2.24) is 19.1 Å². The second-order valence-corrected chi connectivity index (χ2v) is 13.5. The highest BCUT2D eigenvalue weighted by Crippen LogP contribution is 2.41. The zero-order chi connectivity index (χ0) is 35.8. The van der Waals surface area contributed by atoms with Crippen LogP contribution in [0, 0.1) is 0 Å². The number of para-hydroxylation sites is 1. The summed E-state index contributed by atoms with van der Waals surface area (Å²) in [7, 11) is 0. The van der Waals surface area contributed by atoms with Gasteiger partial charge < -0.3 is 9.13 Å². The van der Waals surface area contributed by atoms with Crippen molar-refractivity contribution in [1.29, 1.82) is 0 Å². The third-order valence-electron chi connectivity index (χ3n) is 10.2. The van der Waals surface area contributed by atoms with Crippen LogP contribution >= 0.6 is 0 Å². The zero-order valence-corrected chi connectivity index (χ0v) is 29.4. The Balaban J connectivity index is 1.25. The van der Waals surface area contributed by atoms with Gasteiger partial charge in [0.15, 0.2) is 5.82 Å². The third kappa shape index (κ3) is 5.49. The second kappa shape index (κ2) is 13.4. The quantitative estimate of drug-likeness (QED) is 0.167. The predicted molar refractivity (Wildman–Crippen MR) is 223 cm³/mol. The molecule has 0 unspecified atom stereocenters. The van der Waals surface area contributed by atoms with Crippen molar-refractivity contribution in [3.8, 4) is 67.7 Å². The summed E-state index contributed by atoms with van der Waals surface area (Å²) in [4.78, 5) is 10.1. The summed E-state index contributed by atoms with van der Waals surface area (Å²) in [5.41, 5.74) is 14.0. The van der Waals surface area contributed by atoms with Gasteiger partial charge in [-0.1, -0.05) is 164 Å². The fourth-order valence-corrected chi connectivity index (χ4v) is 7.68. The average Bonchev–Trinajstić information content (AvgIpc) is 3.85. The lowest BCUT2D eigenvalue weighted by Gasteiger charge is -2.17. The molecule has 0 N–H and O–H groups in total. The van der Waals surface area contributed by atoms with Crippen LogP contribution in [0.25, 0.3) is 89.5 Å². The minimum absolute atomic E-state index is 0.704. The molecular formula is C50H34N4. The summed E-state index contributed by atoms with van der Waals surface area (Å²) < 4.78 is 4.86. The van der Waals surface area contributed by atoms with Crippen molar-refractivity contribution < 1.29 is 0 Å². The van der Waals surface area contributed by atoms with E-state index >= 15 is 0 Å². The molecule has 0 aliphatic carbocycles. The highest BCUT2D eigenvalue weighted by molar-refractivity contribution is 6.10. The normalized spacial score (nSPS) is 11.3. The SMILES string of the molecule is c1ccc(-c2ncc(-c3cccc(-n4c(-c5ccccc5)cc5ccc6cc(-c7ccccc7)n(-c7ccccc7)c6c54)c3)c(-c3ccccc3)n2)cc1. The van der Waals surface area contributed by atoms with Crippen LogP contribution in [0.15, 0.2) is 206 Å². The van der Waals surface area contributed by atoms with E-state index in [2.05, 4.69) is 185 Å². The lowest BCUT2D eigenvalue weighted by atomic mass is 9.99. The fourth-order valence-electron chi connectivity index (χ4n) is 7.68. The van der Waals surface area contributed by atoms with Crippen LogP contribution in [0.3, 0.4) is 0 Å². The second-order valence-electron chi connectivity index (χ2n) is 13.5. The summed E-state index contributed by atoms with van der Waals surface area (Å²) in [6.07, 6.45) is 1.98. The number of hydrogen-bond acceptors (Lipinski definition) is 2. The van der Waals surface area contributed by atoms with Crippen molar-refractivity contribution in [3.05, 3.63) is 206 Å². The van der Waals surface area contributed by atoms with Crippen LogP contribution in [0.5, 0.6) is 0 Å². The topological polar surface area (TPSA) is 35.6 Å². The maximum Gasteiger partial charge on any atom is 0.159 e. The summed E-state index contributed by atoms with van der Waals surface area (Å²) in [5.74, 6) is 0.704. The molecule has 0 fully saturated rings. The Morgan fingerprint density at radius 1 is 0.352 bits per heavy atom. The lowest BCUT2D eigenvalue weighted by Crippen LogP contribution is -2.02. The summed E-state index contributed by atoms with van der Waals surface area (Å²) in [5, 5.41) is 2.35. The van der Waals surface area contributed by atoms with E-state index < -0.39 is 0 Å². The Bertz CT molecular complexity index is 2890. The molecule has 0 saturated heterocycles. The highest BCUT2D eigenvalue weighted by atomic mass is 15.1. The van der Waals surface area contributed by atoms with E-state index in [1.807, 2.05) is 30.5 Å². The summed E-state index contributed by atoms with van der Waals surface area (Å²) >= 11 is 0. The standard InChI is InChI=1S/C50H34N4/c1-6-17-35(18-7-1)45-32-40-29-30-41-33-46(36-19-8-2-9-20-36)54(49(41)48(40)53(45)42-26-14-5-15-27-42)43-28-16-25-39(31-43)44-34-51-50(38-23-12-4-13-24-38)52-47(44)37-21-10-3-11-22-37/h1-34H. The Morgan fingerprint density at radius 3 is 1.35 bits per heavy atom. The minimum Gasteiger partial charge on any atom is -0.307 e. The summed E-state index contributed by atoms with van der Waals surface area (Å²) in [6, 6.07) is 70.7. The number of hydrogen-bond donors (Lipinski definition) is 0. The molecule has 10 rings (SSSR count). The molecule has 4 heteroatoms. The first-order valence-corrected chi connectivity index (χ1v) is 18.2. The van der Waals surface area contributed by atoms with Crippen LogP contribution in [-0.2, 0) is 0 Å². The van der Waals surface area contributed by atoms with E-state index in [9.17, 15) is 0 Å². The first-order valence-electron chi connectivity index (χ1n) is 18.2. The molecule has 254 valence electrons. The van der Waals surface area contributed by atoms with E-state index in [-0.39, 0.29) is 0 Å². The third-order valence-corrected chi connectivity index (χ3v) is 10.2. The maximum absolute atomic E-state index is 5.19. The van der Waals surface area contributed by atoms with Gasteiger partial charge in [0.05, 0.1) is 28.1 Å². The van der Waals surface area contributed by atoms with Crippen LogP contribution in [0.2, 0.25) is 0 Å². The number of rotatable bonds is 7. The largest absolute Gasteiger partial charge is 0.307 e. The molecule has 7 aromatic carbocycles. The van der Waals surface area contributed by atoms with Crippen molar-refractivity contribution >= 4 is 21.8 Å². The van der Waals surface area contributed by atoms with Crippen molar-refractivity contribution in [2.45, 2.75) is 0 Å². The molecule has 3 aromatic heterocycles. The van der Waals surface area contributed by atoms with Gasteiger partial charge in [-0.25, -0.2) is 9.97 Å². The van der Waals surface area contributed by atoms with Crippen LogP contribution in [0.4, 0.5) is 0 Å². The molecule has 0 aliphatic rings. The average molecular weight is 691 g/mol. The van der Waals surface area contributed by atoms with E-state index in [4.69, 9.17) is 9.97 Å². The van der Waals surface area contributed by atoms with Gasteiger partial charge in [-0.3, -0.25) is 0 Å². The molecule has 10 aromatic rings. The molecule has 4 nitrogen and oxygen atoms in total. The monoisotopic (exact) mass is 690 g/mol. The fraction of sp³-hybridized carbons (Fsp3) is 0. The first-order chi connectivity index (χ1) is 26.8. The smallest absolute Gasteiger partial charge is 0.159 e. The van der Waals surface area contributed by atoms with Gasteiger partial charge in [0, 0.05) is 45.0 Å². The van der Waals surface area contributed by atoms with Crippen molar-refractivity contribution in [3.63, 3.8) is 0 Å². The van der Waals surface area contributed by atoms with Gasteiger partial charge in [-0.05, 0) is 53.1 Å². The van der Waals surface area contributed by atoms with Gasteiger partial charge in [-0.2, -0.15) is 0 Å². The van der Waals surface area contributed by atoms with E-state index in [0.717, 1.165) is 67.3 Å². The number of aromatic nitrogens is 4. The van der Waals surface area contributed by atoms with Gasteiger partial charge in [0.25, 0.3) is 0 Å². The number of fused-ring (bicyclic) bond motifs is 3. The van der Waals surface area contributed by atoms with Gasteiger partial charge >= 0.3 is 0 Å². The Kier molecular flexibility index (Phi) is 7.77. The zero-order valence-electron chi connectivity index (χ0n) is 29.4. The van der Waals surface area contributed by atoms with Crippen LogP contribution < -0.4 is 0 Å². The molecule has 0 spiro atoms. The number of nitrogens with zero attached hydrogens (tertiary/aromatic N) is 4. The van der Waals surface area contributed by atoms with E-state index in [0.29, 0.717) is 5.82 Å². The molecular weight excluding hydrogens is 657 g/mol. The van der Waals surface area contributed by atoms with E-state index in [1.54, 1.807) is 0 Å². The molecule has 0 bridgehead atoms. The molecule has 0 amide bonds. The molecule has 54 heavy (non-hydrogen) atoms. The molecule has 0 atom stereocenters. The van der Waals surface area contributed by atoms with E-state index in [1.165, 1.54) is 16.3 Å². The first kappa shape index (κ1) is 31.4. The van der Waals surface area contributed by atoms with Gasteiger partial charge in [0.2, 0.25) is 0 Å². The molecule has 0 saturated carbocycles. The highest BCUT2D eigenvalue weighted by Gasteiger charge is 2.22. The minimum atomic E-state index is 0.704. The maximum atomic E-state index is 5.19. The van der Waals surface area contributed by atoms with Crippen molar-refractivity contribution in [2.24, 2.45) is 0 Å². The molecule has 0 radical (unpaired) electrons. The van der Waals surface area contributed by atoms with Crippen LogP contribution in [0.1, 0.15) is 0 Å². The molecule has 3 heterocycles. The van der Waals surface area contributed by atoms with Crippen molar-refractivity contribution in [2.75, 3.05) is 0 Å². The Hall–Kier alpha value is -7.30. The summed E-state index contributed by atoms with van der Waals surface area (Å²) in [6.45, 7) is 0. The lowest BCUT2D eigenvalue weighted by molar-refractivity contribution is 1.10. The van der Waals surface area contributed by atoms with Gasteiger partial charge in [0.1, 0.15) is 0 Å². The Labute approximate surface area is 313 Å². The van der Waals surface area contributed by atoms with Gasteiger partial charge in [-0.15, -0.1) is 0 Å². The predicted octanol–water partition coefficient (Wildman–Crippen LogP) is 12.7. The van der Waals surface area contributed by atoms with Crippen LogP contribution in [-0.4, -0.2) is 19.1 Å². The molecule has 0 aliphatic heterocycles. The Morgan fingerprint density at radius 2 is 0.796 bits per heavy atom. The number of benzene rings is 7.